The molecular formula is C9H6N4. The van der Waals surface area contributed by atoms with Crippen molar-refractivity contribution < 1.29 is 0 Å². The van der Waals surface area contributed by atoms with E-state index >= 15 is 0 Å². The molecule has 2 aromatic heterocycles. The molecule has 0 spiro atoms. The van der Waals surface area contributed by atoms with Crippen LogP contribution in [0.1, 0.15) is 0 Å². The number of nitrogens with zero attached hydrogens (tertiary/aromatic N) is 3. The van der Waals surface area contributed by atoms with E-state index < -0.39 is 0 Å². The Kier molecular flexibility index (Phi) is 1.14. The summed E-state index contributed by atoms with van der Waals surface area (Å²) in [6, 6.07) is 3.96. The maximum absolute atomic E-state index is 4.17. The average Bonchev–Trinajstić information content (AvgIpc) is 2.65. The van der Waals surface area contributed by atoms with Crippen LogP contribution in [-0.2, 0) is 0 Å². The van der Waals surface area contributed by atoms with Crippen LogP contribution < -0.4 is 0 Å². The predicted molar refractivity (Wildman–Crippen MR) is 49.2 cm³/mol. The average molecular weight is 170 g/mol. The largest absolute Gasteiger partial charge is 0.344 e. The quantitative estimate of drug-likeness (QED) is 0.556. The van der Waals surface area contributed by atoms with Crippen molar-refractivity contribution in [3.8, 4) is 0 Å². The van der Waals surface area contributed by atoms with Gasteiger partial charge >= 0.3 is 0 Å². The number of H-pyrrole nitrogens is 1. The maximum Gasteiger partial charge on any atom is 0.0932 e. The lowest BCUT2D eigenvalue weighted by Gasteiger charge is -1.95. The maximum atomic E-state index is 4.17. The summed E-state index contributed by atoms with van der Waals surface area (Å²) in [5.74, 6) is 0. The molecule has 0 aliphatic rings. The van der Waals surface area contributed by atoms with Crippen molar-refractivity contribution in [2.24, 2.45) is 0 Å². The molecule has 1 N–H and O–H groups in total. The van der Waals surface area contributed by atoms with Gasteiger partial charge in [0.25, 0.3) is 0 Å². The molecule has 3 aromatic rings. The third kappa shape index (κ3) is 0.823. The number of nitrogens with one attached hydrogen (secondary N) is 1. The van der Waals surface area contributed by atoms with Gasteiger partial charge in [0.05, 0.1) is 29.8 Å². The standard InChI is InChI=1S/C9H6N4/c1-2-8-9(11-5-10-8)7-4-13-12-3-6(1)7/h1-5H,(H,10,11). The van der Waals surface area contributed by atoms with Gasteiger partial charge < -0.3 is 4.98 Å². The second-order valence-electron chi connectivity index (χ2n) is 2.85. The molecule has 0 unspecified atom stereocenters. The van der Waals surface area contributed by atoms with E-state index in [0.717, 1.165) is 21.8 Å². The smallest absolute Gasteiger partial charge is 0.0932 e. The highest BCUT2D eigenvalue weighted by Crippen LogP contribution is 2.20. The summed E-state index contributed by atoms with van der Waals surface area (Å²) in [4.78, 5) is 7.25. The lowest BCUT2D eigenvalue weighted by atomic mass is 10.2. The SMILES string of the molecule is c1nc2ccc3cnncc3c2[nH]1. The number of benzene rings is 1. The fourth-order valence-electron chi connectivity index (χ4n) is 1.49. The molecule has 0 bridgehead atoms. The first kappa shape index (κ1) is 6.54. The minimum atomic E-state index is 0.959. The number of hydrogen-bond donors (Lipinski definition) is 1. The van der Waals surface area contributed by atoms with Crippen molar-refractivity contribution in [1.29, 1.82) is 0 Å². The van der Waals surface area contributed by atoms with Crippen molar-refractivity contribution in [2.75, 3.05) is 0 Å². The molecule has 0 saturated carbocycles. The van der Waals surface area contributed by atoms with Crippen LogP contribution in [0.3, 0.4) is 0 Å². The van der Waals surface area contributed by atoms with Crippen LogP contribution in [-0.4, -0.2) is 20.2 Å². The molecule has 3 rings (SSSR count). The summed E-state index contributed by atoms with van der Waals surface area (Å²) in [7, 11) is 0. The highest BCUT2D eigenvalue weighted by Gasteiger charge is 2.01. The molecule has 4 nitrogen and oxygen atoms in total. The summed E-state index contributed by atoms with van der Waals surface area (Å²) in [5.41, 5.74) is 1.98. The van der Waals surface area contributed by atoms with Gasteiger partial charge in [-0.3, -0.25) is 0 Å². The number of imidazole rings is 1. The molecule has 13 heavy (non-hydrogen) atoms. The van der Waals surface area contributed by atoms with E-state index in [9.17, 15) is 0 Å². The summed E-state index contributed by atoms with van der Waals surface area (Å²) in [6.45, 7) is 0. The van der Waals surface area contributed by atoms with Gasteiger partial charge in [-0.05, 0) is 6.07 Å². The van der Waals surface area contributed by atoms with E-state index in [4.69, 9.17) is 0 Å². The van der Waals surface area contributed by atoms with Crippen LogP contribution in [0.2, 0.25) is 0 Å². The first-order valence-corrected chi connectivity index (χ1v) is 3.97. The fraction of sp³-hybridized carbons (Fsp3) is 0. The van der Waals surface area contributed by atoms with Crippen LogP contribution >= 0.6 is 0 Å². The zero-order valence-corrected chi connectivity index (χ0v) is 6.73. The van der Waals surface area contributed by atoms with Crippen molar-refractivity contribution in [2.45, 2.75) is 0 Å². The van der Waals surface area contributed by atoms with E-state index in [1.54, 1.807) is 18.7 Å². The van der Waals surface area contributed by atoms with Crippen LogP contribution in [0.4, 0.5) is 0 Å². The van der Waals surface area contributed by atoms with Gasteiger partial charge in [-0.2, -0.15) is 10.2 Å². The summed E-state index contributed by atoms with van der Waals surface area (Å²) >= 11 is 0. The van der Waals surface area contributed by atoms with Gasteiger partial charge in [0, 0.05) is 10.8 Å². The summed E-state index contributed by atoms with van der Waals surface area (Å²) in [5, 5.41) is 9.80. The first-order valence-electron chi connectivity index (χ1n) is 3.97. The van der Waals surface area contributed by atoms with Crippen LogP contribution in [0.15, 0.2) is 30.9 Å². The van der Waals surface area contributed by atoms with Gasteiger partial charge in [-0.25, -0.2) is 4.98 Å². The second kappa shape index (κ2) is 2.26. The molecule has 0 saturated heterocycles. The Labute approximate surface area is 73.6 Å². The Morgan fingerprint density at radius 3 is 3.00 bits per heavy atom. The zero-order valence-electron chi connectivity index (χ0n) is 6.73. The Bertz CT molecular complexity index is 570. The van der Waals surface area contributed by atoms with Crippen molar-refractivity contribution in [3.63, 3.8) is 0 Å². The minimum absolute atomic E-state index is 0.959. The third-order valence-corrected chi connectivity index (χ3v) is 2.12. The van der Waals surface area contributed by atoms with Gasteiger partial charge in [0.1, 0.15) is 0 Å². The zero-order chi connectivity index (χ0) is 8.67. The molecule has 0 atom stereocenters. The van der Waals surface area contributed by atoms with Crippen LogP contribution in [0, 0.1) is 0 Å². The molecule has 1 aromatic carbocycles. The predicted octanol–water partition coefficient (Wildman–Crippen LogP) is 1.51. The van der Waals surface area contributed by atoms with E-state index in [-0.39, 0.29) is 0 Å². The van der Waals surface area contributed by atoms with E-state index in [2.05, 4.69) is 20.2 Å². The molecule has 0 aliphatic heterocycles. The Morgan fingerprint density at radius 1 is 1.08 bits per heavy atom. The van der Waals surface area contributed by atoms with Crippen LogP contribution in [0.25, 0.3) is 21.8 Å². The van der Waals surface area contributed by atoms with E-state index in [1.807, 2.05) is 12.1 Å². The van der Waals surface area contributed by atoms with Gasteiger partial charge in [-0.15, -0.1) is 0 Å². The number of fused-ring (bicyclic) bond motifs is 3. The van der Waals surface area contributed by atoms with E-state index in [1.165, 1.54) is 0 Å². The van der Waals surface area contributed by atoms with E-state index in [0.29, 0.717) is 0 Å². The highest BCUT2D eigenvalue weighted by molar-refractivity contribution is 6.02. The van der Waals surface area contributed by atoms with Gasteiger partial charge in [-0.1, -0.05) is 6.07 Å². The molecule has 2 heterocycles. The summed E-state index contributed by atoms with van der Waals surface area (Å²) in [6.07, 6.45) is 5.18. The molecule has 0 fully saturated rings. The topological polar surface area (TPSA) is 54.5 Å². The molecule has 0 aliphatic carbocycles. The lowest BCUT2D eigenvalue weighted by molar-refractivity contribution is 1.05. The Balaban J connectivity index is 2.65. The number of aromatic amines is 1. The normalized spacial score (nSPS) is 11.1. The van der Waals surface area contributed by atoms with Gasteiger partial charge in [0.15, 0.2) is 0 Å². The first-order chi connectivity index (χ1) is 6.45. The second-order valence-corrected chi connectivity index (χ2v) is 2.85. The molecule has 62 valence electrons. The van der Waals surface area contributed by atoms with Crippen LogP contribution in [0.5, 0.6) is 0 Å². The van der Waals surface area contributed by atoms with Crippen molar-refractivity contribution in [1.82, 2.24) is 20.2 Å². The molecule has 4 heteroatoms. The van der Waals surface area contributed by atoms with Gasteiger partial charge in [0.2, 0.25) is 0 Å². The Morgan fingerprint density at radius 2 is 2.00 bits per heavy atom. The fourth-order valence-corrected chi connectivity index (χ4v) is 1.49. The van der Waals surface area contributed by atoms with Crippen molar-refractivity contribution in [3.05, 3.63) is 30.9 Å². The monoisotopic (exact) mass is 170 g/mol. The minimum Gasteiger partial charge on any atom is -0.344 e. The highest BCUT2D eigenvalue weighted by atomic mass is 15.1. The molecular weight excluding hydrogens is 164 g/mol. The lowest BCUT2D eigenvalue weighted by Crippen LogP contribution is -1.81. The molecule has 0 radical (unpaired) electrons. The summed E-state index contributed by atoms with van der Waals surface area (Å²) < 4.78 is 0. The number of rotatable bonds is 0. The third-order valence-electron chi connectivity index (χ3n) is 2.12. The molecule has 0 amide bonds. The number of hydrogen-bond acceptors (Lipinski definition) is 3. The number of aromatic nitrogens is 4. The Hall–Kier alpha value is -1.97. The van der Waals surface area contributed by atoms with Crippen molar-refractivity contribution >= 4 is 21.8 Å².